The van der Waals surface area contributed by atoms with Gasteiger partial charge in [-0.2, -0.15) is 0 Å². The number of benzene rings is 1. The van der Waals surface area contributed by atoms with E-state index < -0.39 is 33.9 Å². The van der Waals surface area contributed by atoms with E-state index in [9.17, 15) is 10.2 Å². The number of carbonyl (C=O) groups is 2. The highest BCUT2D eigenvalue weighted by atomic mass is 16.6. The van der Waals surface area contributed by atoms with Crippen molar-refractivity contribution in [3.05, 3.63) is 69.6 Å². The van der Waals surface area contributed by atoms with Crippen LogP contribution in [0.4, 0.5) is 0 Å². The summed E-state index contributed by atoms with van der Waals surface area (Å²) in [5.74, 6) is 8.22. The van der Waals surface area contributed by atoms with Crippen LogP contribution in [0.25, 0.3) is 11.0 Å². The van der Waals surface area contributed by atoms with Gasteiger partial charge in [-0.25, -0.2) is 0 Å². The number of H-pyrrole nitrogens is 1. The maximum atomic E-state index is 15.1. The number of epoxide rings is 1. The summed E-state index contributed by atoms with van der Waals surface area (Å²) in [6.07, 6.45) is 11.2. The van der Waals surface area contributed by atoms with Crippen molar-refractivity contribution in [3.63, 3.8) is 0 Å². The minimum atomic E-state index is -0.769. The molecule has 2 saturated heterocycles. The van der Waals surface area contributed by atoms with Gasteiger partial charge in [-0.05, 0) is 134 Å². The Hall–Kier alpha value is -3.48. The average Bonchev–Trinajstić information content (AvgIpc) is 3.81. The smallest absolute Gasteiger partial charge is 0.160 e. The van der Waals surface area contributed by atoms with Crippen LogP contribution in [0.3, 0.4) is 0 Å². The number of nitrogens with zero attached hydrogens (tertiary/aromatic N) is 1. The zero-order valence-corrected chi connectivity index (χ0v) is 40.4. The molecule has 0 radical (unpaired) electrons. The van der Waals surface area contributed by atoms with Crippen molar-refractivity contribution in [1.29, 1.82) is 0 Å². The van der Waals surface area contributed by atoms with Crippen LogP contribution in [0.15, 0.2) is 41.6 Å². The Balaban J connectivity index is 1.10. The van der Waals surface area contributed by atoms with E-state index in [1.54, 1.807) is 0 Å². The first kappa shape index (κ1) is 44.1. The molecule has 4 saturated carbocycles. The van der Waals surface area contributed by atoms with Gasteiger partial charge in [-0.15, -0.1) is 0 Å². The molecule has 2 aromatic heterocycles. The molecule has 6 fully saturated rings. The van der Waals surface area contributed by atoms with Gasteiger partial charge in [0.25, 0.3) is 0 Å². The predicted molar refractivity (Wildman–Crippen MR) is 253 cm³/mol. The first-order valence-corrected chi connectivity index (χ1v) is 25.6. The van der Waals surface area contributed by atoms with Crippen molar-refractivity contribution >= 4 is 22.6 Å². The van der Waals surface area contributed by atoms with Crippen LogP contribution in [0.1, 0.15) is 153 Å². The fourth-order valence-corrected chi connectivity index (χ4v) is 17.1. The van der Waals surface area contributed by atoms with E-state index in [0.29, 0.717) is 49.8 Å². The van der Waals surface area contributed by atoms with Gasteiger partial charge in [-0.1, -0.05) is 83.1 Å². The fourth-order valence-electron chi connectivity index (χ4n) is 17.1. The molecule has 3 aromatic rings. The van der Waals surface area contributed by atoms with Crippen molar-refractivity contribution < 1.29 is 29.3 Å². The molecule has 3 aliphatic heterocycles. The molecule has 12 unspecified atom stereocenters. The maximum Gasteiger partial charge on any atom is 0.160 e. The first-order chi connectivity index (χ1) is 30.9. The summed E-state index contributed by atoms with van der Waals surface area (Å²) in [6.45, 7) is 20.0. The summed E-state index contributed by atoms with van der Waals surface area (Å²) in [6, 6.07) is 9.30. The first-order valence-electron chi connectivity index (χ1n) is 25.6. The number of aliphatic hydroxyl groups is 2. The average molecular weight is 883 g/mol. The van der Waals surface area contributed by atoms with Crippen LogP contribution >= 0.6 is 0 Å². The van der Waals surface area contributed by atoms with Gasteiger partial charge in [0.1, 0.15) is 11.9 Å². The number of aromatic amines is 1. The Morgan fingerprint density at radius 1 is 1.00 bits per heavy atom. The Kier molecular flexibility index (Phi) is 10.3. The van der Waals surface area contributed by atoms with E-state index >= 15 is 9.59 Å². The summed E-state index contributed by atoms with van der Waals surface area (Å²) in [7, 11) is 0. The maximum absolute atomic E-state index is 15.1. The Morgan fingerprint density at radius 3 is 2.46 bits per heavy atom. The summed E-state index contributed by atoms with van der Waals surface area (Å²) in [4.78, 5) is 33.8. The molecule has 0 spiro atoms. The quantitative estimate of drug-likeness (QED) is 0.153. The fraction of sp³-hybridized carbons (Fsp3) is 0.684. The third-order valence-electron chi connectivity index (χ3n) is 20.4. The normalized spacial score (nSPS) is 38.8. The SMILES string of the molecule is Cc1cc(Cc2c3n(c4cc[nH]c24)CC2C4=C(C(C)CC(O)C5OC5(C)C)C(=O)CC4(C)C4(C)CCC5C(C)(C6CCCC6)C(=O)CC(C#CC3)C5(C)C4C2O)cc(C2CCOCC2)c1. The second-order valence-electron chi connectivity index (χ2n) is 24.1. The molecule has 1 aromatic carbocycles. The summed E-state index contributed by atoms with van der Waals surface area (Å²) in [5, 5.41) is 25.5. The molecule has 3 N–H and O–H groups in total. The van der Waals surface area contributed by atoms with E-state index in [1.165, 1.54) is 35.1 Å². The number of Topliss-reactive ketones (excluding diaryl/α,β-unsaturated/α-hetero) is 2. The lowest BCUT2D eigenvalue weighted by Gasteiger charge is -2.71. The lowest BCUT2D eigenvalue weighted by molar-refractivity contribution is -0.236. The van der Waals surface area contributed by atoms with Crippen LogP contribution in [0.2, 0.25) is 0 Å². The molecule has 8 aliphatic rings. The largest absolute Gasteiger partial charge is 0.392 e. The van der Waals surface area contributed by atoms with Crippen LogP contribution in [-0.2, 0) is 38.4 Å². The van der Waals surface area contributed by atoms with E-state index in [0.717, 1.165) is 86.0 Å². The van der Waals surface area contributed by atoms with E-state index in [-0.39, 0.29) is 47.1 Å². The van der Waals surface area contributed by atoms with E-state index in [2.05, 4.69) is 87.2 Å². The number of aryl methyl sites for hydroxylation is 1. The van der Waals surface area contributed by atoms with Crippen LogP contribution in [-0.4, -0.2) is 68.5 Å². The zero-order valence-electron chi connectivity index (χ0n) is 40.4. The molecule has 8 nitrogen and oxygen atoms in total. The number of aromatic nitrogens is 2. The van der Waals surface area contributed by atoms with Gasteiger partial charge >= 0.3 is 0 Å². The van der Waals surface area contributed by atoms with Gasteiger partial charge in [0, 0.05) is 85.6 Å². The summed E-state index contributed by atoms with van der Waals surface area (Å²) < 4.78 is 14.1. The minimum Gasteiger partial charge on any atom is -0.392 e. The van der Waals surface area contributed by atoms with Gasteiger partial charge in [-0.3, -0.25) is 9.59 Å². The topological polar surface area (TPSA) is 117 Å². The molecule has 12 atom stereocenters. The number of hydrogen-bond acceptors (Lipinski definition) is 6. The highest BCUT2D eigenvalue weighted by molar-refractivity contribution is 6.01. The number of aliphatic hydroxyl groups excluding tert-OH is 2. The van der Waals surface area contributed by atoms with Crippen molar-refractivity contribution in [2.75, 3.05) is 13.2 Å². The number of allylic oxidation sites excluding steroid dienone is 1. The van der Waals surface area contributed by atoms with E-state index in [1.807, 2.05) is 20.0 Å². The number of ether oxygens (including phenoxy) is 2. The third-order valence-corrected chi connectivity index (χ3v) is 20.4. The second-order valence-corrected chi connectivity index (χ2v) is 24.1. The van der Waals surface area contributed by atoms with Crippen molar-refractivity contribution in [3.8, 4) is 11.8 Å². The zero-order chi connectivity index (χ0) is 45.6. The van der Waals surface area contributed by atoms with Crippen LogP contribution in [0, 0.1) is 75.9 Å². The Labute approximate surface area is 387 Å². The summed E-state index contributed by atoms with van der Waals surface area (Å²) in [5.41, 5.74) is 8.25. The van der Waals surface area contributed by atoms with Crippen molar-refractivity contribution in [2.45, 2.75) is 175 Å². The molecule has 5 aliphatic carbocycles. The number of rotatable bonds is 8. The number of carbonyl (C=O) groups excluding carboxylic acids is 2. The number of ketones is 2. The highest BCUT2D eigenvalue weighted by Gasteiger charge is 2.75. The Morgan fingerprint density at radius 2 is 1.74 bits per heavy atom. The third kappa shape index (κ3) is 6.36. The lowest BCUT2D eigenvalue weighted by atomic mass is 9.32. The standard InChI is InChI=1S/C57H74N2O6/c1-32-24-34(27-36(25-32)35-18-22-64-23-19-35)28-39-41-15-11-14-38-29-46(62)56(7,37-12-9-10-13-37)45-16-20-54(5)51(57(38,45)8)50(63)40(31-59(41)42-17-21-58-49(39)42)48-47(44(61)30-55(48,54)6)33(2)26-43(60)52-53(3,4)65-52/h17,21,24-25,27,33,35,37-38,40,43,45,50-52,58,60,63H,9-10,12-13,15-16,18-20,22-23,26,28-31H2,1-8H3. The van der Waals surface area contributed by atoms with Gasteiger partial charge in [0.15, 0.2) is 5.78 Å². The monoisotopic (exact) mass is 883 g/mol. The van der Waals surface area contributed by atoms with Gasteiger partial charge in [0.05, 0.1) is 28.8 Å². The second kappa shape index (κ2) is 15.3. The van der Waals surface area contributed by atoms with Crippen LogP contribution < -0.4 is 0 Å². The molecule has 8 heteroatoms. The number of fused-ring (bicyclic) bond motifs is 7. The number of nitrogens with one attached hydrogen (secondary N) is 1. The van der Waals surface area contributed by atoms with Crippen molar-refractivity contribution in [1.82, 2.24) is 9.55 Å². The Bertz CT molecular complexity index is 2540. The van der Waals surface area contributed by atoms with Crippen LogP contribution in [0.5, 0.6) is 0 Å². The molecule has 65 heavy (non-hydrogen) atoms. The molecule has 11 rings (SSSR count). The molecule has 348 valence electrons. The molecular formula is C57H74N2O6. The molecule has 5 heterocycles. The summed E-state index contributed by atoms with van der Waals surface area (Å²) >= 11 is 0. The van der Waals surface area contributed by atoms with Crippen molar-refractivity contribution in [2.24, 2.45) is 57.2 Å². The van der Waals surface area contributed by atoms with E-state index in [4.69, 9.17) is 9.47 Å². The highest BCUT2D eigenvalue weighted by Crippen LogP contribution is 2.77. The predicted octanol–water partition coefficient (Wildman–Crippen LogP) is 9.98. The van der Waals surface area contributed by atoms with Gasteiger partial charge < -0.3 is 29.2 Å². The number of hydrogen-bond donors (Lipinski definition) is 3. The lowest BCUT2D eigenvalue weighted by Crippen LogP contribution is -2.70. The van der Waals surface area contributed by atoms with Gasteiger partial charge in [0.2, 0.25) is 0 Å². The minimum absolute atomic E-state index is 0.0894. The molecule has 0 amide bonds. The molecule has 2 bridgehead atoms. The molecular weight excluding hydrogens is 809 g/mol.